The highest BCUT2D eigenvalue weighted by Gasteiger charge is 2.34. The third-order valence-electron chi connectivity index (χ3n) is 5.14. The van der Waals surface area contributed by atoms with Crippen LogP contribution in [0.2, 0.25) is 0 Å². The molecule has 4 rings (SSSR count). The van der Waals surface area contributed by atoms with Crippen LogP contribution in [0.25, 0.3) is 16.7 Å². The van der Waals surface area contributed by atoms with Gasteiger partial charge in [0.1, 0.15) is 23.9 Å². The maximum atomic E-state index is 11.9. The highest BCUT2D eigenvalue weighted by Crippen LogP contribution is 2.30. The molecule has 0 radical (unpaired) electrons. The van der Waals surface area contributed by atoms with Crippen molar-refractivity contribution in [1.82, 2.24) is 30.2 Å². The van der Waals surface area contributed by atoms with E-state index >= 15 is 0 Å². The first-order chi connectivity index (χ1) is 14.7. The molecule has 10 nitrogen and oxygen atoms in total. The summed E-state index contributed by atoms with van der Waals surface area (Å²) in [5.74, 6) is 2.15. The van der Waals surface area contributed by atoms with Gasteiger partial charge in [-0.3, -0.25) is 4.99 Å². The van der Waals surface area contributed by atoms with Crippen molar-refractivity contribution in [1.29, 1.82) is 0 Å². The van der Waals surface area contributed by atoms with Gasteiger partial charge < -0.3 is 24.7 Å². The Kier molecular flexibility index (Phi) is 5.55. The molecule has 1 fully saturated rings. The summed E-state index contributed by atoms with van der Waals surface area (Å²) in [6.45, 7) is 10.8. The van der Waals surface area contributed by atoms with E-state index in [0.717, 1.165) is 22.9 Å². The van der Waals surface area contributed by atoms with E-state index in [1.807, 2.05) is 38.5 Å². The third-order valence-corrected chi connectivity index (χ3v) is 5.14. The van der Waals surface area contributed by atoms with Gasteiger partial charge in [-0.15, -0.1) is 0 Å². The van der Waals surface area contributed by atoms with Crippen LogP contribution in [-0.4, -0.2) is 55.7 Å². The zero-order valence-corrected chi connectivity index (χ0v) is 18.6. The number of carbonyl (C=O) groups is 1. The molecule has 166 valence electrons. The summed E-state index contributed by atoms with van der Waals surface area (Å²) in [5.41, 5.74) is 1.84. The van der Waals surface area contributed by atoms with E-state index in [9.17, 15) is 4.79 Å². The number of carbonyl (C=O) groups excluding carboxylic acids is 1. The Morgan fingerprint density at radius 3 is 2.74 bits per heavy atom. The zero-order chi connectivity index (χ0) is 22.2. The van der Waals surface area contributed by atoms with Crippen LogP contribution in [0.15, 0.2) is 17.5 Å². The van der Waals surface area contributed by atoms with E-state index < -0.39 is 11.7 Å². The Balaban J connectivity index is 1.46. The van der Waals surface area contributed by atoms with Crippen molar-refractivity contribution >= 4 is 28.7 Å². The molecule has 10 heteroatoms. The van der Waals surface area contributed by atoms with Crippen LogP contribution < -0.4 is 15.4 Å². The number of nitrogens with one attached hydrogen (secondary N) is 2. The molecule has 2 aromatic rings. The van der Waals surface area contributed by atoms with Crippen LogP contribution in [-0.2, 0) is 11.3 Å². The van der Waals surface area contributed by atoms with Gasteiger partial charge in [0.2, 0.25) is 5.88 Å². The quantitative estimate of drug-likeness (QED) is 0.754. The van der Waals surface area contributed by atoms with Gasteiger partial charge in [0.05, 0.1) is 12.4 Å². The monoisotopic (exact) mass is 427 g/mol. The molecule has 1 saturated carbocycles. The van der Waals surface area contributed by atoms with E-state index in [1.165, 1.54) is 6.33 Å². The summed E-state index contributed by atoms with van der Waals surface area (Å²) in [7, 11) is 0. The minimum Gasteiger partial charge on any atom is -0.473 e. The second-order valence-electron chi connectivity index (χ2n) is 8.80. The molecule has 0 aromatic carbocycles. The number of rotatable bonds is 5. The van der Waals surface area contributed by atoms with Gasteiger partial charge in [-0.1, -0.05) is 0 Å². The molecular formula is C21H29N7O3. The molecule has 2 N–H and O–H groups in total. The highest BCUT2D eigenvalue weighted by atomic mass is 16.6. The molecule has 2 aromatic heterocycles. The van der Waals surface area contributed by atoms with Crippen LogP contribution in [0.3, 0.4) is 0 Å². The maximum absolute atomic E-state index is 11.9. The van der Waals surface area contributed by atoms with Crippen molar-refractivity contribution in [3.05, 3.63) is 18.4 Å². The Morgan fingerprint density at radius 1 is 1.32 bits per heavy atom. The summed E-state index contributed by atoms with van der Waals surface area (Å²) < 4.78 is 13.5. The molecule has 1 aliphatic carbocycles. The number of amides is 1. The fraction of sp³-hybridized carbons (Fsp3) is 0.571. The second-order valence-corrected chi connectivity index (χ2v) is 8.80. The lowest BCUT2D eigenvalue weighted by atomic mass is 9.89. The zero-order valence-electron chi connectivity index (χ0n) is 18.6. The first-order valence-corrected chi connectivity index (χ1v) is 10.6. The molecule has 0 spiro atoms. The van der Waals surface area contributed by atoms with Crippen LogP contribution in [0.1, 0.15) is 53.3 Å². The van der Waals surface area contributed by atoms with Crippen LogP contribution in [0, 0.1) is 0 Å². The Labute approximate surface area is 181 Å². The van der Waals surface area contributed by atoms with Crippen molar-refractivity contribution < 1.29 is 14.3 Å². The molecule has 0 atom stereocenters. The van der Waals surface area contributed by atoms with E-state index in [0.29, 0.717) is 37.3 Å². The number of hydrogen-bond donors (Lipinski definition) is 2. The number of ether oxygens (including phenoxy) is 2. The molecule has 1 amide bonds. The van der Waals surface area contributed by atoms with Crippen molar-refractivity contribution in [2.45, 2.75) is 71.8 Å². The number of alkyl carbamates (subject to hydrolysis) is 1. The number of aromatic nitrogens is 4. The lowest BCUT2D eigenvalue weighted by molar-refractivity contribution is 0.0357. The van der Waals surface area contributed by atoms with Gasteiger partial charge in [0.15, 0.2) is 11.2 Å². The first-order valence-electron chi connectivity index (χ1n) is 10.6. The summed E-state index contributed by atoms with van der Waals surface area (Å²) in [6.07, 6.45) is 4.36. The number of hydrogen-bond acceptors (Lipinski definition) is 8. The van der Waals surface area contributed by atoms with Gasteiger partial charge in [-0.05, 0) is 34.6 Å². The predicted molar refractivity (Wildman–Crippen MR) is 117 cm³/mol. The number of nitrogens with zero attached hydrogens (tertiary/aromatic N) is 5. The van der Waals surface area contributed by atoms with Crippen molar-refractivity contribution in [3.8, 4) is 5.88 Å². The highest BCUT2D eigenvalue weighted by molar-refractivity contribution is 5.87. The van der Waals surface area contributed by atoms with E-state index in [4.69, 9.17) is 14.5 Å². The average molecular weight is 428 g/mol. The van der Waals surface area contributed by atoms with Crippen LogP contribution in [0.5, 0.6) is 5.88 Å². The number of amidine groups is 1. The Morgan fingerprint density at radius 2 is 2.10 bits per heavy atom. The van der Waals surface area contributed by atoms with Crippen molar-refractivity contribution in [2.75, 3.05) is 6.54 Å². The average Bonchev–Trinajstić information content (AvgIpc) is 3.05. The van der Waals surface area contributed by atoms with Gasteiger partial charge in [-0.2, -0.15) is 4.98 Å². The predicted octanol–water partition coefficient (Wildman–Crippen LogP) is 2.64. The summed E-state index contributed by atoms with van der Waals surface area (Å²) in [6, 6.07) is 0.0282. The standard InChI is InChI=1S/C21H29N7O3/c1-6-28-17(13-9-22-12(2)23-10-13)27-16-18(28)24-11-25-19(16)30-15-7-14(8-15)26-20(29)31-21(3,4)5/h9,11,14-15H,6-8,10H2,1-5H3,(H,22,23)(H,26,29). The van der Waals surface area contributed by atoms with Crippen molar-refractivity contribution in [3.63, 3.8) is 0 Å². The number of aliphatic imine (C=N–C) groups is 1. The first kappa shape index (κ1) is 21.1. The van der Waals surface area contributed by atoms with Crippen molar-refractivity contribution in [2.24, 2.45) is 4.99 Å². The van der Waals surface area contributed by atoms with Gasteiger partial charge in [0.25, 0.3) is 0 Å². The van der Waals surface area contributed by atoms with E-state index in [-0.39, 0.29) is 12.1 Å². The molecule has 2 aliphatic rings. The van der Waals surface area contributed by atoms with Crippen LogP contribution >= 0.6 is 0 Å². The fourth-order valence-corrected chi connectivity index (χ4v) is 3.58. The number of imidazole rings is 1. The molecule has 31 heavy (non-hydrogen) atoms. The minimum absolute atomic E-state index is 0.0282. The lowest BCUT2D eigenvalue weighted by Crippen LogP contribution is -2.50. The summed E-state index contributed by atoms with van der Waals surface area (Å²) in [4.78, 5) is 29.9. The molecular weight excluding hydrogens is 398 g/mol. The topological polar surface area (TPSA) is 116 Å². The largest absolute Gasteiger partial charge is 0.473 e. The SMILES string of the molecule is CCn1c(C2=CNC(C)=NC2)nc2c(OC3CC(NC(=O)OC(C)(C)C)C3)ncnc21. The lowest BCUT2D eigenvalue weighted by Gasteiger charge is -2.35. The fourth-order valence-electron chi connectivity index (χ4n) is 3.58. The molecule has 0 saturated heterocycles. The summed E-state index contributed by atoms with van der Waals surface area (Å²) in [5, 5.41) is 6.02. The number of fused-ring (bicyclic) bond motifs is 1. The maximum Gasteiger partial charge on any atom is 0.407 e. The molecule has 3 heterocycles. The third kappa shape index (κ3) is 4.62. The van der Waals surface area contributed by atoms with Crippen LogP contribution in [0.4, 0.5) is 4.79 Å². The molecule has 1 aliphatic heterocycles. The molecule has 0 bridgehead atoms. The smallest absolute Gasteiger partial charge is 0.407 e. The normalized spacial score (nSPS) is 20.9. The van der Waals surface area contributed by atoms with Gasteiger partial charge in [0, 0.05) is 37.2 Å². The minimum atomic E-state index is -0.514. The molecule has 0 unspecified atom stereocenters. The summed E-state index contributed by atoms with van der Waals surface area (Å²) >= 11 is 0. The number of aryl methyl sites for hydroxylation is 1. The van der Waals surface area contributed by atoms with E-state index in [1.54, 1.807) is 0 Å². The van der Waals surface area contributed by atoms with E-state index in [2.05, 4.69) is 32.5 Å². The van der Waals surface area contributed by atoms with Gasteiger partial charge >= 0.3 is 6.09 Å². The Hall–Kier alpha value is -3.17. The Bertz CT molecular complexity index is 1050. The second kappa shape index (κ2) is 8.16. The van der Waals surface area contributed by atoms with Gasteiger partial charge in [-0.25, -0.2) is 14.8 Å².